The number of nitrogens with one attached hydrogen (secondary N) is 2. The van der Waals surface area contributed by atoms with Crippen molar-refractivity contribution < 1.29 is 4.79 Å². The average molecular weight is 256 g/mol. The Morgan fingerprint density at radius 2 is 2.21 bits per heavy atom. The van der Waals surface area contributed by atoms with Crippen LogP contribution in [0.2, 0.25) is 0 Å². The minimum atomic E-state index is -0.411. The molecule has 0 spiro atoms. The molecule has 19 heavy (non-hydrogen) atoms. The topological polar surface area (TPSA) is 103 Å². The van der Waals surface area contributed by atoms with Gasteiger partial charge in [-0.15, -0.1) is 0 Å². The van der Waals surface area contributed by atoms with Gasteiger partial charge >= 0.3 is 0 Å². The number of anilines is 1. The van der Waals surface area contributed by atoms with Crippen LogP contribution in [0.4, 0.5) is 5.69 Å². The molecule has 1 rings (SSSR count). The van der Waals surface area contributed by atoms with E-state index in [1.807, 2.05) is 19.9 Å². The third-order valence-corrected chi connectivity index (χ3v) is 2.36. The number of nitrogens with zero attached hydrogens (tertiary/aromatic N) is 1. The standard InChI is InChI=1S/C14H16N4O/c1-9(2)18-14(19)12(8-16)6-10-3-4-13(17)11(5-10)7-15/h3-7,9,15H,17H2,1-2H3,(H,18,19). The van der Waals surface area contributed by atoms with E-state index in [9.17, 15) is 4.79 Å². The van der Waals surface area contributed by atoms with Gasteiger partial charge in [0, 0.05) is 23.5 Å². The Morgan fingerprint density at radius 1 is 1.53 bits per heavy atom. The van der Waals surface area contributed by atoms with Crippen molar-refractivity contribution in [3.8, 4) is 6.07 Å². The Morgan fingerprint density at radius 3 is 2.74 bits per heavy atom. The minimum absolute atomic E-state index is 0.0226. The fourth-order valence-electron chi connectivity index (χ4n) is 1.46. The number of benzene rings is 1. The zero-order valence-corrected chi connectivity index (χ0v) is 10.9. The van der Waals surface area contributed by atoms with Gasteiger partial charge in [-0.25, -0.2) is 0 Å². The highest BCUT2D eigenvalue weighted by molar-refractivity contribution is 6.02. The van der Waals surface area contributed by atoms with Gasteiger partial charge in [-0.3, -0.25) is 4.79 Å². The molecule has 0 radical (unpaired) electrons. The predicted octanol–water partition coefficient (Wildman–Crippen LogP) is 1.70. The molecule has 0 saturated carbocycles. The molecule has 0 saturated heterocycles. The van der Waals surface area contributed by atoms with Crippen molar-refractivity contribution in [1.29, 1.82) is 10.7 Å². The minimum Gasteiger partial charge on any atom is -0.398 e. The first-order chi connectivity index (χ1) is 8.97. The molecular weight excluding hydrogens is 240 g/mol. The van der Waals surface area contributed by atoms with Crippen LogP contribution in [-0.4, -0.2) is 18.2 Å². The number of rotatable bonds is 4. The summed E-state index contributed by atoms with van der Waals surface area (Å²) in [5.74, 6) is -0.411. The van der Waals surface area contributed by atoms with E-state index >= 15 is 0 Å². The van der Waals surface area contributed by atoms with Gasteiger partial charge in [0.2, 0.25) is 0 Å². The first-order valence-corrected chi connectivity index (χ1v) is 5.80. The largest absolute Gasteiger partial charge is 0.398 e. The smallest absolute Gasteiger partial charge is 0.262 e. The molecule has 0 aliphatic rings. The van der Waals surface area contributed by atoms with Crippen molar-refractivity contribution in [3.63, 3.8) is 0 Å². The number of nitrogens with two attached hydrogens (primary N) is 1. The Balaban J connectivity index is 3.08. The van der Waals surface area contributed by atoms with Crippen LogP contribution in [0, 0.1) is 16.7 Å². The molecular formula is C14H16N4O. The summed E-state index contributed by atoms with van der Waals surface area (Å²) >= 11 is 0. The van der Waals surface area contributed by atoms with Crippen LogP contribution in [0.5, 0.6) is 0 Å². The maximum Gasteiger partial charge on any atom is 0.262 e. The molecule has 1 amide bonds. The van der Waals surface area contributed by atoms with E-state index in [-0.39, 0.29) is 11.6 Å². The fourth-order valence-corrected chi connectivity index (χ4v) is 1.46. The van der Waals surface area contributed by atoms with Crippen LogP contribution in [0.25, 0.3) is 6.08 Å². The highest BCUT2D eigenvalue weighted by Crippen LogP contribution is 2.14. The normalized spacial score (nSPS) is 10.9. The van der Waals surface area contributed by atoms with Gasteiger partial charge in [0.15, 0.2) is 0 Å². The van der Waals surface area contributed by atoms with Gasteiger partial charge in [-0.05, 0) is 37.6 Å². The van der Waals surface area contributed by atoms with Crippen LogP contribution in [0.3, 0.4) is 0 Å². The summed E-state index contributed by atoms with van der Waals surface area (Å²) in [6.07, 6.45) is 2.61. The number of nitrogen functional groups attached to an aromatic ring is 1. The molecule has 1 aromatic carbocycles. The van der Waals surface area contributed by atoms with Crippen LogP contribution < -0.4 is 11.1 Å². The summed E-state index contributed by atoms with van der Waals surface area (Å²) in [4.78, 5) is 11.7. The second-order valence-corrected chi connectivity index (χ2v) is 4.33. The highest BCUT2D eigenvalue weighted by atomic mass is 16.1. The second-order valence-electron chi connectivity index (χ2n) is 4.33. The molecule has 0 atom stereocenters. The first-order valence-electron chi connectivity index (χ1n) is 5.80. The third-order valence-electron chi connectivity index (χ3n) is 2.36. The van der Waals surface area contributed by atoms with E-state index < -0.39 is 5.91 Å². The molecule has 5 nitrogen and oxygen atoms in total. The third kappa shape index (κ3) is 3.96. The van der Waals surface area contributed by atoms with Gasteiger partial charge < -0.3 is 16.5 Å². The second kappa shape index (κ2) is 6.36. The summed E-state index contributed by atoms with van der Waals surface area (Å²) < 4.78 is 0. The zero-order valence-electron chi connectivity index (χ0n) is 10.9. The fraction of sp³-hybridized carbons (Fsp3) is 0.214. The monoisotopic (exact) mass is 256 g/mol. The van der Waals surface area contributed by atoms with E-state index in [1.54, 1.807) is 18.2 Å². The molecule has 0 fully saturated rings. The van der Waals surface area contributed by atoms with Crippen LogP contribution in [-0.2, 0) is 4.79 Å². The summed E-state index contributed by atoms with van der Waals surface area (Å²) in [5.41, 5.74) is 7.39. The summed E-state index contributed by atoms with van der Waals surface area (Å²) in [5, 5.41) is 18.9. The van der Waals surface area contributed by atoms with E-state index in [0.29, 0.717) is 16.8 Å². The van der Waals surface area contributed by atoms with Crippen molar-refractivity contribution >= 4 is 23.9 Å². The summed E-state index contributed by atoms with van der Waals surface area (Å²) in [6.45, 7) is 3.65. The van der Waals surface area contributed by atoms with E-state index in [4.69, 9.17) is 16.4 Å². The lowest BCUT2D eigenvalue weighted by atomic mass is 10.1. The van der Waals surface area contributed by atoms with Gasteiger partial charge in [0.25, 0.3) is 5.91 Å². The number of carbonyl (C=O) groups is 1. The lowest BCUT2D eigenvalue weighted by molar-refractivity contribution is -0.117. The number of hydrogen-bond donors (Lipinski definition) is 3. The Hall–Kier alpha value is -2.61. The van der Waals surface area contributed by atoms with E-state index in [0.717, 1.165) is 6.21 Å². The van der Waals surface area contributed by atoms with Crippen molar-refractivity contribution in [2.75, 3.05) is 5.73 Å². The van der Waals surface area contributed by atoms with Gasteiger partial charge in [0.05, 0.1) is 0 Å². The van der Waals surface area contributed by atoms with Gasteiger partial charge in [0.1, 0.15) is 11.6 Å². The molecule has 0 heterocycles. The van der Waals surface area contributed by atoms with Crippen LogP contribution in [0.15, 0.2) is 23.8 Å². The average Bonchev–Trinajstić information content (AvgIpc) is 2.36. The lowest BCUT2D eigenvalue weighted by Crippen LogP contribution is -2.30. The van der Waals surface area contributed by atoms with Crippen molar-refractivity contribution in [2.24, 2.45) is 0 Å². The van der Waals surface area contributed by atoms with Crippen molar-refractivity contribution in [2.45, 2.75) is 19.9 Å². The number of carbonyl (C=O) groups excluding carboxylic acids is 1. The zero-order chi connectivity index (χ0) is 14.4. The van der Waals surface area contributed by atoms with Crippen LogP contribution in [0.1, 0.15) is 25.0 Å². The van der Waals surface area contributed by atoms with Gasteiger partial charge in [-0.2, -0.15) is 5.26 Å². The number of amides is 1. The quantitative estimate of drug-likeness (QED) is 0.330. The molecule has 0 aliphatic carbocycles. The van der Waals surface area contributed by atoms with Crippen molar-refractivity contribution in [1.82, 2.24) is 5.32 Å². The molecule has 1 aromatic rings. The molecule has 5 heteroatoms. The van der Waals surface area contributed by atoms with E-state index in [2.05, 4.69) is 5.32 Å². The molecule has 4 N–H and O–H groups in total. The number of nitriles is 1. The maximum absolute atomic E-state index is 11.7. The van der Waals surface area contributed by atoms with Crippen molar-refractivity contribution in [3.05, 3.63) is 34.9 Å². The van der Waals surface area contributed by atoms with Crippen LogP contribution >= 0.6 is 0 Å². The highest BCUT2D eigenvalue weighted by Gasteiger charge is 2.10. The molecule has 0 aliphatic heterocycles. The van der Waals surface area contributed by atoms with E-state index in [1.165, 1.54) is 6.08 Å². The summed E-state index contributed by atoms with van der Waals surface area (Å²) in [7, 11) is 0. The Kier molecular flexibility index (Phi) is 4.84. The molecule has 0 aromatic heterocycles. The molecule has 98 valence electrons. The maximum atomic E-state index is 11.7. The summed E-state index contributed by atoms with van der Waals surface area (Å²) in [6, 6.07) is 6.83. The Labute approximate surface area is 112 Å². The Bertz CT molecular complexity index is 567. The predicted molar refractivity (Wildman–Crippen MR) is 75.6 cm³/mol. The lowest BCUT2D eigenvalue weighted by Gasteiger charge is -2.07. The number of hydrogen-bond acceptors (Lipinski definition) is 4. The SMILES string of the molecule is CC(C)NC(=O)C(C#N)=Cc1ccc(N)c(C=N)c1. The van der Waals surface area contributed by atoms with Gasteiger partial charge in [-0.1, -0.05) is 6.07 Å². The molecule has 0 unspecified atom stereocenters. The first kappa shape index (κ1) is 14.5. The molecule has 0 bridgehead atoms.